The number of aromatic nitrogens is 4. The van der Waals surface area contributed by atoms with Gasteiger partial charge in [-0.05, 0) is 67.5 Å². The second-order valence-corrected chi connectivity index (χ2v) is 12.4. The second kappa shape index (κ2) is 9.67. The Balaban J connectivity index is 1.65. The average molecular weight is 529 g/mol. The SMILES string of the molecule is Cc1cnn(C)c1-c1cnc2c3ccc(S(C)(=O)=O)cc3n([C@H](Cc3ccccc3)C3CCOCC3)c2c1. The number of hydrogen-bond donors (Lipinski definition) is 0. The van der Waals surface area contributed by atoms with Crippen molar-refractivity contribution in [2.24, 2.45) is 13.0 Å². The predicted molar refractivity (Wildman–Crippen MR) is 150 cm³/mol. The maximum absolute atomic E-state index is 12.6. The molecule has 5 aromatic rings. The number of ether oxygens (including phenoxy) is 1. The molecule has 0 amide bonds. The van der Waals surface area contributed by atoms with Crippen LogP contribution in [0, 0.1) is 12.8 Å². The maximum atomic E-state index is 12.6. The van der Waals surface area contributed by atoms with Gasteiger partial charge < -0.3 is 9.30 Å². The van der Waals surface area contributed by atoms with Crippen molar-refractivity contribution in [3.8, 4) is 11.3 Å². The van der Waals surface area contributed by atoms with Crippen LogP contribution in [0.3, 0.4) is 0 Å². The summed E-state index contributed by atoms with van der Waals surface area (Å²) in [5.41, 5.74) is 7.16. The van der Waals surface area contributed by atoms with Gasteiger partial charge in [0.25, 0.3) is 0 Å². The van der Waals surface area contributed by atoms with Crippen LogP contribution in [0.15, 0.2) is 71.9 Å². The average Bonchev–Trinajstić information content (AvgIpc) is 3.43. The van der Waals surface area contributed by atoms with E-state index < -0.39 is 9.84 Å². The Morgan fingerprint density at radius 3 is 2.47 bits per heavy atom. The molecule has 2 aromatic carbocycles. The number of rotatable bonds is 6. The van der Waals surface area contributed by atoms with Crippen LogP contribution in [-0.4, -0.2) is 47.2 Å². The summed E-state index contributed by atoms with van der Waals surface area (Å²) < 4.78 is 35.2. The number of benzene rings is 2. The van der Waals surface area contributed by atoms with Crippen LogP contribution in [0.2, 0.25) is 0 Å². The molecule has 0 saturated carbocycles. The Morgan fingerprint density at radius 1 is 1.03 bits per heavy atom. The lowest BCUT2D eigenvalue weighted by Crippen LogP contribution is -2.27. The van der Waals surface area contributed by atoms with Gasteiger partial charge in [0.1, 0.15) is 0 Å². The number of pyridine rings is 1. The highest BCUT2D eigenvalue weighted by molar-refractivity contribution is 7.90. The minimum atomic E-state index is -3.38. The second-order valence-electron chi connectivity index (χ2n) is 10.4. The minimum Gasteiger partial charge on any atom is -0.381 e. The molecule has 196 valence electrons. The lowest BCUT2D eigenvalue weighted by atomic mass is 9.87. The number of fused-ring (bicyclic) bond motifs is 3. The van der Waals surface area contributed by atoms with Gasteiger partial charge in [0.05, 0.1) is 33.3 Å². The van der Waals surface area contributed by atoms with Gasteiger partial charge in [0, 0.05) is 49.7 Å². The van der Waals surface area contributed by atoms with Gasteiger partial charge in [0.2, 0.25) is 0 Å². The first-order chi connectivity index (χ1) is 18.3. The summed E-state index contributed by atoms with van der Waals surface area (Å²) in [5, 5.41) is 5.41. The van der Waals surface area contributed by atoms with Gasteiger partial charge in [-0.15, -0.1) is 0 Å². The zero-order valence-corrected chi connectivity index (χ0v) is 22.8. The van der Waals surface area contributed by atoms with Crippen molar-refractivity contribution in [1.29, 1.82) is 0 Å². The maximum Gasteiger partial charge on any atom is 0.175 e. The van der Waals surface area contributed by atoms with Crippen molar-refractivity contribution < 1.29 is 13.2 Å². The lowest BCUT2D eigenvalue weighted by molar-refractivity contribution is 0.0498. The number of sulfone groups is 1. The predicted octanol–water partition coefficient (Wildman–Crippen LogP) is 5.51. The van der Waals surface area contributed by atoms with Crippen molar-refractivity contribution in [1.82, 2.24) is 19.3 Å². The van der Waals surface area contributed by atoms with E-state index in [1.54, 1.807) is 6.07 Å². The number of aryl methyl sites for hydroxylation is 2. The third-order valence-corrected chi connectivity index (χ3v) is 8.97. The van der Waals surface area contributed by atoms with Crippen molar-refractivity contribution in [3.63, 3.8) is 0 Å². The van der Waals surface area contributed by atoms with Crippen LogP contribution < -0.4 is 0 Å². The van der Waals surface area contributed by atoms with Crippen molar-refractivity contribution in [2.75, 3.05) is 19.5 Å². The molecular formula is C30H32N4O3S. The molecule has 0 radical (unpaired) electrons. The van der Waals surface area contributed by atoms with Gasteiger partial charge in [-0.3, -0.25) is 9.67 Å². The molecule has 3 aromatic heterocycles. The van der Waals surface area contributed by atoms with Crippen LogP contribution >= 0.6 is 0 Å². The zero-order valence-electron chi connectivity index (χ0n) is 22.0. The molecule has 0 unspecified atom stereocenters. The molecule has 6 rings (SSSR count). The van der Waals surface area contributed by atoms with E-state index in [-0.39, 0.29) is 6.04 Å². The third kappa shape index (κ3) is 4.41. The Labute approximate surface area is 223 Å². The van der Waals surface area contributed by atoms with Crippen molar-refractivity contribution in [2.45, 2.75) is 37.1 Å². The van der Waals surface area contributed by atoms with E-state index in [1.165, 1.54) is 11.8 Å². The largest absolute Gasteiger partial charge is 0.381 e. The highest BCUT2D eigenvalue weighted by atomic mass is 32.2. The van der Waals surface area contributed by atoms with E-state index in [0.717, 1.165) is 71.2 Å². The molecule has 38 heavy (non-hydrogen) atoms. The van der Waals surface area contributed by atoms with Crippen molar-refractivity contribution in [3.05, 3.63) is 78.1 Å². The van der Waals surface area contributed by atoms with Crippen molar-refractivity contribution >= 4 is 31.8 Å². The first-order valence-corrected chi connectivity index (χ1v) is 14.9. The smallest absolute Gasteiger partial charge is 0.175 e. The summed E-state index contributed by atoms with van der Waals surface area (Å²) in [6.07, 6.45) is 7.79. The standard InChI is InChI=1S/C30H32N4O3S/c1-20-18-32-33(2)30(20)23-16-28-29(31-19-23)25-10-9-24(38(3,35)36)17-27(25)34(28)26(22-11-13-37-14-12-22)15-21-7-5-4-6-8-21/h4-10,16-19,22,26H,11-15H2,1-3H3/t26-/m1/s1. The van der Waals surface area contributed by atoms with Crippen LogP contribution in [0.4, 0.5) is 0 Å². The van der Waals surface area contributed by atoms with Crippen LogP contribution in [0.5, 0.6) is 0 Å². The van der Waals surface area contributed by atoms with Gasteiger partial charge in [-0.25, -0.2) is 8.42 Å². The fourth-order valence-electron chi connectivity index (χ4n) is 5.99. The molecule has 1 saturated heterocycles. The number of hydrogen-bond acceptors (Lipinski definition) is 5. The molecule has 1 aliphatic heterocycles. The van der Waals surface area contributed by atoms with Gasteiger partial charge >= 0.3 is 0 Å². The van der Waals surface area contributed by atoms with E-state index >= 15 is 0 Å². The van der Waals surface area contributed by atoms with E-state index in [9.17, 15) is 8.42 Å². The Kier molecular flexibility index (Phi) is 6.32. The molecule has 4 heterocycles. The monoisotopic (exact) mass is 528 g/mol. The normalized spacial score (nSPS) is 15.9. The summed E-state index contributed by atoms with van der Waals surface area (Å²) in [6.45, 7) is 3.53. The first kappa shape index (κ1) is 24.8. The summed E-state index contributed by atoms with van der Waals surface area (Å²) >= 11 is 0. The summed E-state index contributed by atoms with van der Waals surface area (Å²) in [6, 6.07) is 18.3. The van der Waals surface area contributed by atoms with Gasteiger partial charge in [-0.2, -0.15) is 5.10 Å². The molecule has 0 spiro atoms. The molecule has 0 aliphatic carbocycles. The highest BCUT2D eigenvalue weighted by Crippen LogP contribution is 2.40. The van der Waals surface area contributed by atoms with Crippen LogP contribution in [0.25, 0.3) is 33.2 Å². The zero-order chi connectivity index (χ0) is 26.4. The highest BCUT2D eigenvalue weighted by Gasteiger charge is 2.30. The molecular weight excluding hydrogens is 496 g/mol. The lowest BCUT2D eigenvalue weighted by Gasteiger charge is -2.33. The fourth-order valence-corrected chi connectivity index (χ4v) is 6.63. The summed E-state index contributed by atoms with van der Waals surface area (Å²) in [5.74, 6) is 0.381. The molecule has 0 N–H and O–H groups in total. The molecule has 8 heteroatoms. The fraction of sp³-hybridized carbons (Fsp3) is 0.333. The minimum absolute atomic E-state index is 0.112. The molecule has 7 nitrogen and oxygen atoms in total. The quantitative estimate of drug-likeness (QED) is 0.290. The third-order valence-electron chi connectivity index (χ3n) is 7.86. The van der Waals surface area contributed by atoms with E-state index in [0.29, 0.717) is 10.8 Å². The Hall–Kier alpha value is -3.49. The van der Waals surface area contributed by atoms with Crippen LogP contribution in [-0.2, 0) is 28.0 Å². The number of nitrogens with zero attached hydrogens (tertiary/aromatic N) is 4. The van der Waals surface area contributed by atoms with Gasteiger partial charge in [0.15, 0.2) is 9.84 Å². The van der Waals surface area contributed by atoms with E-state index in [2.05, 4.69) is 46.9 Å². The summed E-state index contributed by atoms with van der Waals surface area (Å²) in [4.78, 5) is 5.28. The van der Waals surface area contributed by atoms with Gasteiger partial charge in [-0.1, -0.05) is 30.3 Å². The molecule has 1 fully saturated rings. The summed E-state index contributed by atoms with van der Waals surface area (Å²) in [7, 11) is -1.43. The Morgan fingerprint density at radius 2 is 1.79 bits per heavy atom. The topological polar surface area (TPSA) is 79.0 Å². The van der Waals surface area contributed by atoms with E-state index in [1.807, 2.05) is 42.3 Å². The molecule has 1 atom stereocenters. The first-order valence-electron chi connectivity index (χ1n) is 13.1. The van der Waals surface area contributed by atoms with E-state index in [4.69, 9.17) is 9.72 Å². The van der Waals surface area contributed by atoms with Crippen LogP contribution in [0.1, 0.15) is 30.0 Å². The Bertz CT molecular complexity index is 1710. The molecule has 1 aliphatic rings. The molecule has 0 bridgehead atoms.